The Hall–Kier alpha value is -3.39. The fourth-order valence-corrected chi connectivity index (χ4v) is 5.03. The first-order chi connectivity index (χ1) is 16.4. The summed E-state index contributed by atoms with van der Waals surface area (Å²) < 4.78 is 12.4. The molecule has 8 heteroatoms. The summed E-state index contributed by atoms with van der Waals surface area (Å²) in [5, 5.41) is 4.15. The maximum absolute atomic E-state index is 11.7. The molecule has 7 nitrogen and oxygen atoms in total. The minimum absolute atomic E-state index is 0.0572. The maximum Gasteiger partial charge on any atom is 0.305 e. The zero-order valence-corrected chi connectivity index (χ0v) is 20.8. The van der Waals surface area contributed by atoms with Crippen LogP contribution in [0, 0.1) is 13.8 Å². The second-order valence-electron chi connectivity index (χ2n) is 8.36. The Kier molecular flexibility index (Phi) is 7.17. The van der Waals surface area contributed by atoms with E-state index in [9.17, 15) is 4.79 Å². The molecule has 34 heavy (non-hydrogen) atoms. The topological polar surface area (TPSA) is 68.6 Å². The number of hydrogen-bond acceptors (Lipinski definition) is 5. The van der Waals surface area contributed by atoms with Crippen LogP contribution in [0.4, 0.5) is 0 Å². The number of rotatable bonds is 8. The first-order valence-corrected chi connectivity index (χ1v) is 11.7. The number of aromatic nitrogens is 2. The number of nitrogens with one attached hydrogen (secondary N) is 1. The highest BCUT2D eigenvalue weighted by Crippen LogP contribution is 2.41. The smallest absolute Gasteiger partial charge is 0.305 e. The average molecular weight is 479 g/mol. The average Bonchev–Trinajstić information content (AvgIpc) is 3.34. The van der Waals surface area contributed by atoms with E-state index in [0.717, 1.165) is 28.5 Å². The third kappa shape index (κ3) is 4.63. The third-order valence-electron chi connectivity index (χ3n) is 6.32. The van der Waals surface area contributed by atoms with E-state index in [4.69, 9.17) is 21.7 Å². The van der Waals surface area contributed by atoms with Gasteiger partial charge in [0, 0.05) is 36.2 Å². The fourth-order valence-electron chi connectivity index (χ4n) is 4.70. The van der Waals surface area contributed by atoms with Gasteiger partial charge in [-0.2, -0.15) is 0 Å². The van der Waals surface area contributed by atoms with Gasteiger partial charge < -0.3 is 24.3 Å². The first kappa shape index (κ1) is 23.8. The van der Waals surface area contributed by atoms with Gasteiger partial charge in [-0.3, -0.25) is 9.78 Å². The molecule has 0 saturated carbocycles. The van der Waals surface area contributed by atoms with E-state index in [1.165, 1.54) is 12.7 Å². The third-order valence-corrected chi connectivity index (χ3v) is 6.68. The van der Waals surface area contributed by atoms with E-state index in [0.29, 0.717) is 24.5 Å². The Morgan fingerprint density at radius 3 is 2.56 bits per heavy atom. The van der Waals surface area contributed by atoms with Crippen molar-refractivity contribution in [3.8, 4) is 11.4 Å². The highest BCUT2D eigenvalue weighted by Gasteiger charge is 2.41. The number of methoxy groups -OCH3 is 2. The number of esters is 1. The number of thiocarbonyl (C=S) groups is 1. The van der Waals surface area contributed by atoms with Crippen LogP contribution in [0.5, 0.6) is 5.75 Å². The number of carbonyl (C=O) groups is 1. The molecule has 2 atom stereocenters. The number of ether oxygens (including phenoxy) is 2. The van der Waals surface area contributed by atoms with Gasteiger partial charge in [0.05, 0.1) is 32.0 Å². The lowest BCUT2D eigenvalue weighted by molar-refractivity contribution is -0.140. The molecular weight excluding hydrogens is 448 g/mol. The van der Waals surface area contributed by atoms with Crippen molar-refractivity contribution in [3.63, 3.8) is 0 Å². The van der Waals surface area contributed by atoms with Crippen molar-refractivity contribution in [2.75, 3.05) is 20.8 Å². The predicted octanol–water partition coefficient (Wildman–Crippen LogP) is 4.42. The normalized spacial score (nSPS) is 17.5. The van der Waals surface area contributed by atoms with Crippen LogP contribution in [-0.4, -0.2) is 46.3 Å². The van der Waals surface area contributed by atoms with Gasteiger partial charge in [0.15, 0.2) is 5.11 Å². The van der Waals surface area contributed by atoms with Crippen LogP contribution in [0.3, 0.4) is 0 Å². The maximum atomic E-state index is 11.7. The molecule has 1 saturated heterocycles. The monoisotopic (exact) mass is 478 g/mol. The molecule has 1 N–H and O–H groups in total. The Labute approximate surface area is 205 Å². The number of benzene rings is 1. The quantitative estimate of drug-likeness (QED) is 0.380. The SMILES string of the molecule is COC(=O)CCCN1C(=S)N[C@H](c2ccccn2)[C@H]1c1cc(C)n(-c2ccc(OC)cc2)c1C. The van der Waals surface area contributed by atoms with Crippen LogP contribution in [0.2, 0.25) is 0 Å². The number of nitrogens with zero attached hydrogens (tertiary/aromatic N) is 3. The summed E-state index contributed by atoms with van der Waals surface area (Å²) in [4.78, 5) is 18.5. The van der Waals surface area contributed by atoms with Gasteiger partial charge >= 0.3 is 5.97 Å². The molecular formula is C26H30N4O3S. The molecule has 0 spiro atoms. The van der Waals surface area contributed by atoms with Crippen LogP contribution in [-0.2, 0) is 9.53 Å². The summed E-state index contributed by atoms with van der Waals surface area (Å²) >= 11 is 5.76. The molecule has 1 aliphatic rings. The van der Waals surface area contributed by atoms with Crippen molar-refractivity contribution < 1.29 is 14.3 Å². The van der Waals surface area contributed by atoms with Gasteiger partial charge in [-0.15, -0.1) is 0 Å². The highest BCUT2D eigenvalue weighted by atomic mass is 32.1. The van der Waals surface area contributed by atoms with E-state index in [-0.39, 0.29) is 18.1 Å². The summed E-state index contributed by atoms with van der Waals surface area (Å²) in [5.74, 6) is 0.609. The van der Waals surface area contributed by atoms with E-state index >= 15 is 0 Å². The van der Waals surface area contributed by atoms with Crippen LogP contribution < -0.4 is 10.1 Å². The molecule has 1 aliphatic heterocycles. The van der Waals surface area contributed by atoms with E-state index in [1.807, 2.05) is 30.3 Å². The molecule has 0 unspecified atom stereocenters. The summed E-state index contributed by atoms with van der Waals surface area (Å²) in [6, 6.07) is 16.0. The summed E-state index contributed by atoms with van der Waals surface area (Å²) in [7, 11) is 3.08. The van der Waals surface area contributed by atoms with Gasteiger partial charge in [0.2, 0.25) is 0 Å². The Morgan fingerprint density at radius 2 is 1.91 bits per heavy atom. The lowest BCUT2D eigenvalue weighted by atomic mass is 9.96. The second-order valence-corrected chi connectivity index (χ2v) is 8.75. The molecule has 3 aromatic rings. The molecule has 0 radical (unpaired) electrons. The minimum Gasteiger partial charge on any atom is -0.497 e. The van der Waals surface area contributed by atoms with Crippen molar-refractivity contribution >= 4 is 23.3 Å². The van der Waals surface area contributed by atoms with Crippen LogP contribution in [0.15, 0.2) is 54.7 Å². The molecule has 1 fully saturated rings. The van der Waals surface area contributed by atoms with Gasteiger partial charge in [-0.25, -0.2) is 0 Å². The van der Waals surface area contributed by atoms with Crippen molar-refractivity contribution in [3.05, 3.63) is 77.4 Å². The largest absolute Gasteiger partial charge is 0.497 e. The Bertz CT molecular complexity index is 1160. The van der Waals surface area contributed by atoms with Crippen molar-refractivity contribution in [2.24, 2.45) is 0 Å². The zero-order valence-electron chi connectivity index (χ0n) is 19.9. The molecule has 2 aromatic heterocycles. The van der Waals surface area contributed by atoms with Crippen molar-refractivity contribution in [2.45, 2.75) is 38.8 Å². The highest BCUT2D eigenvalue weighted by molar-refractivity contribution is 7.80. The van der Waals surface area contributed by atoms with E-state index in [2.05, 4.69) is 51.8 Å². The molecule has 0 aliphatic carbocycles. The second kappa shape index (κ2) is 10.3. The lowest BCUT2D eigenvalue weighted by Gasteiger charge is -2.28. The van der Waals surface area contributed by atoms with Gasteiger partial charge in [0.25, 0.3) is 0 Å². The van der Waals surface area contributed by atoms with Gasteiger partial charge in [-0.05, 0) is 80.5 Å². The van der Waals surface area contributed by atoms with Crippen molar-refractivity contribution in [1.29, 1.82) is 0 Å². The predicted molar refractivity (Wildman–Crippen MR) is 135 cm³/mol. The standard InChI is InChI=1S/C26H30N4O3S/c1-17-16-21(18(2)30(17)19-10-12-20(32-3)13-11-19)25-24(22-8-5-6-14-27-22)28-26(34)29(25)15-7-9-23(31)33-4/h5-6,8,10-14,16,24-25H,7,9,15H2,1-4H3,(H,28,34)/t24-,25-/m1/s1. The lowest BCUT2D eigenvalue weighted by Crippen LogP contribution is -2.31. The van der Waals surface area contributed by atoms with Crippen LogP contribution >= 0.6 is 12.2 Å². The fraction of sp³-hybridized carbons (Fsp3) is 0.346. The summed E-state index contributed by atoms with van der Waals surface area (Å²) in [6.45, 7) is 4.88. The van der Waals surface area contributed by atoms with Gasteiger partial charge in [-0.1, -0.05) is 6.07 Å². The number of pyridine rings is 1. The number of hydrogen-bond donors (Lipinski definition) is 1. The molecule has 0 amide bonds. The number of aryl methyl sites for hydroxylation is 1. The van der Waals surface area contributed by atoms with Crippen LogP contribution in [0.25, 0.3) is 5.69 Å². The molecule has 1 aromatic carbocycles. The van der Waals surface area contributed by atoms with E-state index in [1.54, 1.807) is 13.3 Å². The minimum atomic E-state index is -0.214. The molecule has 178 valence electrons. The molecule has 4 rings (SSSR count). The van der Waals surface area contributed by atoms with E-state index < -0.39 is 0 Å². The Balaban J connectivity index is 1.73. The Morgan fingerprint density at radius 1 is 1.15 bits per heavy atom. The van der Waals surface area contributed by atoms with Gasteiger partial charge in [0.1, 0.15) is 5.75 Å². The molecule has 3 heterocycles. The summed E-state index contributed by atoms with van der Waals surface area (Å²) in [6.07, 6.45) is 2.80. The number of carbonyl (C=O) groups excluding carboxylic acids is 1. The molecule has 0 bridgehead atoms. The zero-order chi connectivity index (χ0) is 24.2. The van der Waals surface area contributed by atoms with Crippen LogP contribution in [0.1, 0.15) is 47.6 Å². The first-order valence-electron chi connectivity index (χ1n) is 11.3. The summed E-state index contributed by atoms with van der Waals surface area (Å²) in [5.41, 5.74) is 5.44. The van der Waals surface area contributed by atoms with Crippen molar-refractivity contribution in [1.82, 2.24) is 19.8 Å².